The van der Waals surface area contributed by atoms with E-state index in [0.717, 1.165) is 37.2 Å². The molecule has 0 saturated heterocycles. The number of aromatic nitrogens is 2. The average Bonchev–Trinajstić information content (AvgIpc) is 3.46. The lowest BCUT2D eigenvalue weighted by Gasteiger charge is -2.32. The first-order valence-electron chi connectivity index (χ1n) is 9.85. The van der Waals surface area contributed by atoms with Gasteiger partial charge in [0.2, 0.25) is 5.91 Å². The number of nitrogens with one attached hydrogen (secondary N) is 1. The van der Waals surface area contributed by atoms with Crippen molar-refractivity contribution in [3.8, 4) is 0 Å². The molecule has 0 aliphatic heterocycles. The molecule has 0 bridgehead atoms. The number of nitrogens with zero attached hydrogens (tertiary/aromatic N) is 3. The van der Waals surface area contributed by atoms with Gasteiger partial charge in [-0.05, 0) is 48.1 Å². The van der Waals surface area contributed by atoms with Crippen molar-refractivity contribution < 1.29 is 9.59 Å². The number of hydrogen-bond donors (Lipinski definition) is 1. The first kappa shape index (κ1) is 20.5. The number of carbonyl (C=O) groups is 2. The highest BCUT2D eigenvalue weighted by atomic mass is 35.5. The zero-order chi connectivity index (χ0) is 20.9. The predicted octanol–water partition coefficient (Wildman–Crippen LogP) is 4.64. The number of hydrogen-bond acceptors (Lipinski definition) is 5. The zero-order valence-corrected chi connectivity index (χ0v) is 17.8. The monoisotopic (exact) mass is 440 g/mol. The number of rotatable bonds is 6. The van der Waals surface area contributed by atoms with Crippen molar-refractivity contribution in [2.24, 2.45) is 0 Å². The van der Waals surface area contributed by atoms with Crippen LogP contribution in [0.15, 0.2) is 60.0 Å². The molecule has 4 rings (SSSR count). The van der Waals surface area contributed by atoms with Gasteiger partial charge in [-0.2, -0.15) is 0 Å². The van der Waals surface area contributed by atoms with Crippen LogP contribution in [0.2, 0.25) is 5.02 Å². The quantitative estimate of drug-likeness (QED) is 0.606. The fourth-order valence-electron chi connectivity index (χ4n) is 3.79. The van der Waals surface area contributed by atoms with Crippen LogP contribution in [0.4, 0.5) is 5.69 Å². The Morgan fingerprint density at radius 1 is 1.10 bits per heavy atom. The summed E-state index contributed by atoms with van der Waals surface area (Å²) in [4.78, 5) is 28.4. The molecule has 2 aromatic carbocycles. The summed E-state index contributed by atoms with van der Waals surface area (Å²) < 4.78 is 3.81. The molecule has 0 spiro atoms. The van der Waals surface area contributed by atoms with Crippen LogP contribution < -0.4 is 10.2 Å². The van der Waals surface area contributed by atoms with Crippen LogP contribution in [0.1, 0.15) is 47.8 Å². The summed E-state index contributed by atoms with van der Waals surface area (Å²) in [6.45, 7) is 0. The fraction of sp³-hybridized carbons (Fsp3) is 0.273. The number of anilines is 1. The fourth-order valence-corrected chi connectivity index (χ4v) is 4.41. The van der Waals surface area contributed by atoms with Crippen LogP contribution in [0.25, 0.3) is 0 Å². The van der Waals surface area contributed by atoms with Crippen molar-refractivity contribution in [3.63, 3.8) is 0 Å². The Kier molecular flexibility index (Phi) is 6.40. The van der Waals surface area contributed by atoms with Gasteiger partial charge in [-0.25, -0.2) is 0 Å². The lowest BCUT2D eigenvalue weighted by Crippen LogP contribution is -2.46. The molecule has 3 aromatic rings. The molecule has 1 N–H and O–H groups in total. The number of halogens is 1. The lowest BCUT2D eigenvalue weighted by atomic mass is 10.0. The molecular formula is C22H21ClN4O2S. The molecule has 154 valence electrons. The summed E-state index contributed by atoms with van der Waals surface area (Å²) >= 11 is 7.31. The Hall–Kier alpha value is -2.77. The molecule has 1 saturated carbocycles. The third-order valence-electron chi connectivity index (χ3n) is 5.21. The van der Waals surface area contributed by atoms with E-state index in [2.05, 4.69) is 14.9 Å². The zero-order valence-electron chi connectivity index (χ0n) is 16.2. The van der Waals surface area contributed by atoms with Gasteiger partial charge in [-0.15, -0.1) is 5.10 Å². The minimum absolute atomic E-state index is 0.126. The van der Waals surface area contributed by atoms with E-state index in [1.807, 2.05) is 30.3 Å². The second-order valence-corrected chi connectivity index (χ2v) is 8.29. The standard InChI is InChI=1S/C22H21ClN4O2S/c23-16-9-6-12-18(13-16)27(22(29)19-14-30-26-25-19)20(15-7-2-1-3-8-15)21(28)24-17-10-4-5-11-17/h1-3,6-9,12-14,17,20H,4-5,10-11H2,(H,24,28). The Labute approximate surface area is 184 Å². The third-order valence-corrected chi connectivity index (χ3v) is 5.95. The minimum atomic E-state index is -0.862. The van der Waals surface area contributed by atoms with E-state index in [-0.39, 0.29) is 17.6 Å². The van der Waals surface area contributed by atoms with E-state index in [0.29, 0.717) is 16.3 Å². The van der Waals surface area contributed by atoms with E-state index < -0.39 is 11.9 Å². The van der Waals surface area contributed by atoms with Crippen molar-refractivity contribution in [1.82, 2.24) is 14.9 Å². The average molecular weight is 441 g/mol. The molecule has 1 heterocycles. The van der Waals surface area contributed by atoms with Crippen LogP contribution in [0, 0.1) is 0 Å². The summed E-state index contributed by atoms with van der Waals surface area (Å²) in [6, 6.07) is 15.5. The summed E-state index contributed by atoms with van der Waals surface area (Å²) in [7, 11) is 0. The summed E-state index contributed by atoms with van der Waals surface area (Å²) in [5.74, 6) is -0.619. The first-order chi connectivity index (χ1) is 14.6. The highest BCUT2D eigenvalue weighted by molar-refractivity contribution is 7.03. The second kappa shape index (κ2) is 9.36. The van der Waals surface area contributed by atoms with Gasteiger partial charge in [0.25, 0.3) is 5.91 Å². The van der Waals surface area contributed by atoms with Crippen LogP contribution >= 0.6 is 23.1 Å². The highest BCUT2D eigenvalue weighted by Crippen LogP contribution is 2.32. The minimum Gasteiger partial charge on any atom is -0.351 e. The van der Waals surface area contributed by atoms with E-state index in [9.17, 15) is 9.59 Å². The topological polar surface area (TPSA) is 75.2 Å². The summed E-state index contributed by atoms with van der Waals surface area (Å²) in [6.07, 6.45) is 4.10. The second-order valence-electron chi connectivity index (χ2n) is 7.25. The Bertz CT molecular complexity index is 1010. The Morgan fingerprint density at radius 2 is 1.87 bits per heavy atom. The molecule has 6 nitrogen and oxygen atoms in total. The number of amides is 2. The van der Waals surface area contributed by atoms with Crippen LogP contribution in [-0.4, -0.2) is 27.4 Å². The number of carbonyl (C=O) groups excluding carboxylic acids is 2. The molecular weight excluding hydrogens is 420 g/mol. The Balaban J connectivity index is 1.79. The van der Waals surface area contributed by atoms with Gasteiger partial charge < -0.3 is 5.32 Å². The molecule has 1 unspecified atom stereocenters. The highest BCUT2D eigenvalue weighted by Gasteiger charge is 2.35. The molecule has 1 atom stereocenters. The molecule has 2 amide bonds. The predicted molar refractivity (Wildman–Crippen MR) is 118 cm³/mol. The molecule has 1 aliphatic rings. The van der Waals surface area contributed by atoms with Gasteiger partial charge in [0.15, 0.2) is 5.69 Å². The lowest BCUT2D eigenvalue weighted by molar-refractivity contribution is -0.123. The van der Waals surface area contributed by atoms with Crippen molar-refractivity contribution >= 4 is 40.6 Å². The van der Waals surface area contributed by atoms with Gasteiger partial charge in [-0.1, -0.05) is 65.3 Å². The maximum Gasteiger partial charge on any atom is 0.280 e. The van der Waals surface area contributed by atoms with Gasteiger partial charge in [0.05, 0.1) is 0 Å². The van der Waals surface area contributed by atoms with E-state index in [1.54, 1.807) is 29.6 Å². The summed E-state index contributed by atoms with van der Waals surface area (Å²) in [5, 5.41) is 9.14. The first-order valence-corrected chi connectivity index (χ1v) is 11.1. The third kappa shape index (κ3) is 4.52. The van der Waals surface area contributed by atoms with Gasteiger partial charge >= 0.3 is 0 Å². The van der Waals surface area contributed by atoms with Gasteiger partial charge in [-0.3, -0.25) is 14.5 Å². The largest absolute Gasteiger partial charge is 0.351 e. The maximum absolute atomic E-state index is 13.5. The number of benzene rings is 2. The van der Waals surface area contributed by atoms with Crippen LogP contribution in [0.5, 0.6) is 0 Å². The molecule has 1 aromatic heterocycles. The van der Waals surface area contributed by atoms with Crippen LogP contribution in [-0.2, 0) is 4.79 Å². The van der Waals surface area contributed by atoms with E-state index in [1.165, 1.54) is 4.90 Å². The van der Waals surface area contributed by atoms with Gasteiger partial charge in [0.1, 0.15) is 6.04 Å². The SMILES string of the molecule is O=C(NC1CCCC1)C(c1ccccc1)N(C(=O)c1csnn1)c1cccc(Cl)c1. The normalized spacial score (nSPS) is 15.0. The van der Waals surface area contributed by atoms with Crippen molar-refractivity contribution in [1.29, 1.82) is 0 Å². The summed E-state index contributed by atoms with van der Waals surface area (Å²) in [5.41, 5.74) is 1.43. The van der Waals surface area contributed by atoms with Crippen molar-refractivity contribution in [2.75, 3.05) is 4.90 Å². The van der Waals surface area contributed by atoms with Gasteiger partial charge in [0, 0.05) is 22.1 Å². The van der Waals surface area contributed by atoms with Crippen molar-refractivity contribution in [2.45, 2.75) is 37.8 Å². The maximum atomic E-state index is 13.5. The Morgan fingerprint density at radius 3 is 2.53 bits per heavy atom. The molecule has 0 radical (unpaired) electrons. The van der Waals surface area contributed by atoms with Crippen LogP contribution in [0.3, 0.4) is 0 Å². The molecule has 1 aliphatic carbocycles. The smallest absolute Gasteiger partial charge is 0.280 e. The van der Waals surface area contributed by atoms with E-state index in [4.69, 9.17) is 11.6 Å². The van der Waals surface area contributed by atoms with E-state index >= 15 is 0 Å². The van der Waals surface area contributed by atoms with Crippen molar-refractivity contribution in [3.05, 3.63) is 76.3 Å². The molecule has 8 heteroatoms. The molecule has 30 heavy (non-hydrogen) atoms. The molecule has 1 fully saturated rings.